The number of nitrogens with zero attached hydrogens (tertiary/aromatic N) is 4. The molecule has 0 aromatic carbocycles. The average Bonchev–Trinajstić information content (AvgIpc) is 3.31. The highest BCUT2D eigenvalue weighted by atomic mass is 32.2. The zero-order valence-corrected chi connectivity index (χ0v) is 15.6. The molecule has 0 saturated carbocycles. The fourth-order valence-corrected chi connectivity index (χ4v) is 5.04. The van der Waals surface area contributed by atoms with Crippen LogP contribution in [0.15, 0.2) is 35.1 Å². The summed E-state index contributed by atoms with van der Waals surface area (Å²) < 4.78 is 28.4. The third-order valence-corrected chi connectivity index (χ3v) is 6.58. The van der Waals surface area contributed by atoms with Crippen molar-refractivity contribution in [1.82, 2.24) is 14.9 Å². The number of carbonyl (C=O) groups excluding carboxylic acids is 1. The van der Waals surface area contributed by atoms with Crippen molar-refractivity contribution < 1.29 is 17.6 Å². The van der Waals surface area contributed by atoms with Gasteiger partial charge in [0.05, 0.1) is 17.8 Å². The van der Waals surface area contributed by atoms with Gasteiger partial charge in [-0.25, -0.2) is 13.4 Å². The molecule has 10 heteroatoms. The van der Waals surface area contributed by atoms with Crippen molar-refractivity contribution in [2.75, 3.05) is 47.9 Å². The molecule has 1 amide bonds. The van der Waals surface area contributed by atoms with E-state index in [4.69, 9.17) is 4.42 Å². The fourth-order valence-electron chi connectivity index (χ4n) is 3.36. The minimum Gasteiger partial charge on any atom is -0.459 e. The molecule has 2 saturated heterocycles. The lowest BCUT2D eigenvalue weighted by Crippen LogP contribution is -2.49. The van der Waals surface area contributed by atoms with Gasteiger partial charge in [-0.05, 0) is 24.6 Å². The fraction of sp³-hybridized carbons (Fsp3) is 0.471. The Morgan fingerprint density at radius 3 is 2.70 bits per heavy atom. The summed E-state index contributed by atoms with van der Waals surface area (Å²) in [5, 5.41) is 3.19. The summed E-state index contributed by atoms with van der Waals surface area (Å²) >= 11 is 0. The number of aromatic nitrogens is 2. The van der Waals surface area contributed by atoms with E-state index in [1.54, 1.807) is 29.3 Å². The van der Waals surface area contributed by atoms with Crippen molar-refractivity contribution in [1.29, 1.82) is 0 Å². The van der Waals surface area contributed by atoms with E-state index >= 15 is 0 Å². The van der Waals surface area contributed by atoms with Crippen LogP contribution in [-0.2, 0) is 9.84 Å². The van der Waals surface area contributed by atoms with Gasteiger partial charge >= 0.3 is 0 Å². The van der Waals surface area contributed by atoms with Gasteiger partial charge in [-0.2, -0.15) is 4.98 Å². The SMILES string of the molecule is O=C(c1ccco1)N1CCN(c2nccc(NC3CCS(=O)(=O)C3)n2)CC1. The lowest BCUT2D eigenvalue weighted by Gasteiger charge is -2.34. The van der Waals surface area contributed by atoms with Crippen LogP contribution >= 0.6 is 0 Å². The molecule has 144 valence electrons. The number of nitrogens with one attached hydrogen (secondary N) is 1. The first-order valence-corrected chi connectivity index (χ1v) is 10.7. The number of anilines is 2. The molecule has 1 N–H and O–H groups in total. The molecule has 4 rings (SSSR count). The summed E-state index contributed by atoms with van der Waals surface area (Å²) in [7, 11) is -2.94. The number of hydrogen-bond acceptors (Lipinski definition) is 8. The van der Waals surface area contributed by atoms with Gasteiger partial charge in [0.15, 0.2) is 15.6 Å². The molecule has 4 heterocycles. The van der Waals surface area contributed by atoms with Crippen LogP contribution in [0.25, 0.3) is 0 Å². The predicted molar refractivity (Wildman–Crippen MR) is 99.5 cm³/mol. The third-order valence-electron chi connectivity index (χ3n) is 4.81. The molecule has 2 aliphatic rings. The highest BCUT2D eigenvalue weighted by Gasteiger charge is 2.28. The van der Waals surface area contributed by atoms with Gasteiger partial charge in [0, 0.05) is 38.4 Å². The smallest absolute Gasteiger partial charge is 0.289 e. The van der Waals surface area contributed by atoms with Crippen LogP contribution in [0.3, 0.4) is 0 Å². The Morgan fingerprint density at radius 2 is 2.04 bits per heavy atom. The van der Waals surface area contributed by atoms with E-state index in [1.165, 1.54) is 6.26 Å². The number of piperazine rings is 1. The molecule has 1 unspecified atom stereocenters. The monoisotopic (exact) mass is 391 g/mol. The molecule has 2 aromatic heterocycles. The molecule has 0 aliphatic carbocycles. The van der Waals surface area contributed by atoms with Crippen molar-refractivity contribution in [2.45, 2.75) is 12.5 Å². The third kappa shape index (κ3) is 4.05. The molecule has 2 aliphatic heterocycles. The van der Waals surface area contributed by atoms with Gasteiger partial charge in [-0.3, -0.25) is 4.79 Å². The second-order valence-corrected chi connectivity index (χ2v) is 8.97. The molecular formula is C17H21N5O4S. The van der Waals surface area contributed by atoms with Crippen LogP contribution < -0.4 is 10.2 Å². The summed E-state index contributed by atoms with van der Waals surface area (Å²) in [6.45, 7) is 2.35. The van der Waals surface area contributed by atoms with Crippen LogP contribution in [0.5, 0.6) is 0 Å². The molecule has 2 aromatic rings. The molecular weight excluding hydrogens is 370 g/mol. The molecule has 9 nitrogen and oxygen atoms in total. The van der Waals surface area contributed by atoms with Crippen molar-refractivity contribution in [3.8, 4) is 0 Å². The molecule has 2 fully saturated rings. The van der Waals surface area contributed by atoms with Crippen LogP contribution in [-0.4, -0.2) is 72.9 Å². The summed E-state index contributed by atoms with van der Waals surface area (Å²) in [5.74, 6) is 1.78. The Hall–Kier alpha value is -2.62. The maximum absolute atomic E-state index is 12.3. The van der Waals surface area contributed by atoms with E-state index < -0.39 is 9.84 Å². The zero-order chi connectivity index (χ0) is 18.9. The van der Waals surface area contributed by atoms with Crippen molar-refractivity contribution in [2.24, 2.45) is 0 Å². The average molecular weight is 391 g/mol. The maximum Gasteiger partial charge on any atom is 0.289 e. The number of carbonyl (C=O) groups is 1. The Bertz CT molecular complexity index is 907. The van der Waals surface area contributed by atoms with Crippen LogP contribution in [0, 0.1) is 0 Å². The van der Waals surface area contributed by atoms with Crippen molar-refractivity contribution >= 4 is 27.5 Å². The van der Waals surface area contributed by atoms with E-state index in [2.05, 4.69) is 15.3 Å². The number of sulfone groups is 1. The van der Waals surface area contributed by atoms with E-state index in [9.17, 15) is 13.2 Å². The first kappa shape index (κ1) is 17.8. The van der Waals surface area contributed by atoms with Crippen molar-refractivity contribution in [3.63, 3.8) is 0 Å². The van der Waals surface area contributed by atoms with E-state index in [-0.39, 0.29) is 23.5 Å². The van der Waals surface area contributed by atoms with Gasteiger partial charge < -0.3 is 19.5 Å². The quantitative estimate of drug-likeness (QED) is 0.808. The second-order valence-electron chi connectivity index (χ2n) is 6.74. The van der Waals surface area contributed by atoms with Crippen LogP contribution in [0.2, 0.25) is 0 Å². The van der Waals surface area contributed by atoms with Gasteiger partial charge in [0.25, 0.3) is 5.91 Å². The largest absolute Gasteiger partial charge is 0.459 e. The van der Waals surface area contributed by atoms with E-state index in [1.807, 2.05) is 4.90 Å². The minimum absolute atomic E-state index is 0.111. The normalized spacial score (nSPS) is 22.0. The zero-order valence-electron chi connectivity index (χ0n) is 14.7. The van der Waals surface area contributed by atoms with Crippen LogP contribution in [0.4, 0.5) is 11.8 Å². The summed E-state index contributed by atoms with van der Waals surface area (Å²) in [6, 6.07) is 4.99. The minimum atomic E-state index is -2.94. The van der Waals surface area contributed by atoms with E-state index in [0.717, 1.165) is 0 Å². The number of amides is 1. The van der Waals surface area contributed by atoms with Gasteiger partial charge in [0.1, 0.15) is 5.82 Å². The standard InChI is InChI=1S/C17H21N5O4S/c23-16(14-2-1-10-26-14)21-6-8-22(9-7-21)17-18-5-3-15(20-17)19-13-4-11-27(24,25)12-13/h1-3,5,10,13H,4,6-9,11-12H2,(H,18,19,20). The Balaban J connectivity index is 1.36. The Labute approximate surface area is 157 Å². The van der Waals surface area contributed by atoms with Crippen molar-refractivity contribution in [3.05, 3.63) is 36.4 Å². The highest BCUT2D eigenvalue weighted by molar-refractivity contribution is 7.91. The second kappa shape index (κ2) is 7.18. The first-order chi connectivity index (χ1) is 13.0. The van der Waals surface area contributed by atoms with Gasteiger partial charge in [0.2, 0.25) is 5.95 Å². The number of furan rings is 1. The molecule has 0 radical (unpaired) electrons. The highest BCUT2D eigenvalue weighted by Crippen LogP contribution is 2.19. The van der Waals surface area contributed by atoms with Gasteiger partial charge in [-0.1, -0.05) is 0 Å². The molecule has 27 heavy (non-hydrogen) atoms. The molecule has 1 atom stereocenters. The Morgan fingerprint density at radius 1 is 1.22 bits per heavy atom. The van der Waals surface area contributed by atoms with E-state index in [0.29, 0.717) is 50.1 Å². The van der Waals surface area contributed by atoms with Gasteiger partial charge in [-0.15, -0.1) is 0 Å². The number of rotatable bonds is 4. The lowest BCUT2D eigenvalue weighted by molar-refractivity contribution is 0.0714. The lowest BCUT2D eigenvalue weighted by atomic mass is 10.2. The summed E-state index contributed by atoms with van der Waals surface area (Å²) in [4.78, 5) is 24.9. The molecule has 0 bridgehead atoms. The maximum atomic E-state index is 12.3. The van der Waals surface area contributed by atoms with Crippen LogP contribution in [0.1, 0.15) is 17.0 Å². The predicted octanol–water partition coefficient (Wildman–Crippen LogP) is 0.631. The number of hydrogen-bond donors (Lipinski definition) is 1. The molecule has 0 spiro atoms. The summed E-state index contributed by atoms with van der Waals surface area (Å²) in [5.41, 5.74) is 0. The summed E-state index contributed by atoms with van der Waals surface area (Å²) in [6.07, 6.45) is 3.75. The first-order valence-electron chi connectivity index (χ1n) is 8.88. The topological polar surface area (TPSA) is 109 Å². The Kier molecular flexibility index (Phi) is 4.73.